The van der Waals surface area contributed by atoms with Gasteiger partial charge in [0.05, 0.1) is 12.0 Å². The lowest BCUT2D eigenvalue weighted by Crippen LogP contribution is -1.97. The summed E-state index contributed by atoms with van der Waals surface area (Å²) in [5.41, 5.74) is 1.38. The number of nitrogens with zero attached hydrogens (tertiary/aromatic N) is 1. The van der Waals surface area contributed by atoms with Crippen molar-refractivity contribution >= 4 is 20.7 Å². The number of hydrogen-bond donors (Lipinski definition) is 0. The van der Waals surface area contributed by atoms with Crippen LogP contribution < -0.4 is 0 Å². The van der Waals surface area contributed by atoms with Gasteiger partial charge in [0, 0.05) is 24.1 Å². The van der Waals surface area contributed by atoms with E-state index >= 15 is 0 Å². The van der Waals surface area contributed by atoms with Crippen LogP contribution in [0.1, 0.15) is 5.56 Å². The molecular formula is C11H11FNO2S. The van der Waals surface area contributed by atoms with Gasteiger partial charge in [0.15, 0.2) is 9.84 Å². The third-order valence-corrected chi connectivity index (χ3v) is 3.16. The number of aromatic nitrogens is 1. The van der Waals surface area contributed by atoms with Gasteiger partial charge in [0.2, 0.25) is 0 Å². The second-order valence-corrected chi connectivity index (χ2v) is 5.59. The van der Waals surface area contributed by atoms with E-state index < -0.39 is 9.84 Å². The maximum atomic E-state index is 13.1. The summed E-state index contributed by atoms with van der Waals surface area (Å²) in [5.74, 6) is -0.547. The predicted octanol–water partition coefficient (Wildman–Crippen LogP) is 2.02. The van der Waals surface area contributed by atoms with Crippen molar-refractivity contribution in [2.45, 2.75) is 5.75 Å². The Morgan fingerprint density at radius 2 is 2.12 bits per heavy atom. The molecule has 0 unspecified atom stereocenters. The van der Waals surface area contributed by atoms with Crippen molar-refractivity contribution in [2.24, 2.45) is 7.05 Å². The SMILES string of the molecule is [CH2]S(=O)(=O)Cc1cn(C)c2ccc(F)cc12. The summed E-state index contributed by atoms with van der Waals surface area (Å²) in [6, 6.07) is 4.32. The first-order valence-electron chi connectivity index (χ1n) is 4.66. The number of halogens is 1. The van der Waals surface area contributed by atoms with Crippen molar-refractivity contribution in [1.82, 2.24) is 4.57 Å². The third kappa shape index (κ3) is 2.09. The number of rotatable bonds is 2. The largest absolute Gasteiger partial charge is 0.350 e. The lowest BCUT2D eigenvalue weighted by atomic mass is 10.2. The third-order valence-electron chi connectivity index (χ3n) is 2.41. The number of sulfone groups is 1. The van der Waals surface area contributed by atoms with Crippen LogP contribution in [0.25, 0.3) is 10.9 Å². The van der Waals surface area contributed by atoms with E-state index in [-0.39, 0.29) is 11.6 Å². The number of hydrogen-bond acceptors (Lipinski definition) is 2. The fourth-order valence-corrected chi connectivity index (χ4v) is 2.50. The van der Waals surface area contributed by atoms with Crippen LogP contribution in [0.3, 0.4) is 0 Å². The summed E-state index contributed by atoms with van der Waals surface area (Å²) in [6.45, 7) is 0. The van der Waals surface area contributed by atoms with Gasteiger partial charge in [-0.1, -0.05) is 0 Å². The van der Waals surface area contributed by atoms with E-state index in [1.165, 1.54) is 12.1 Å². The Balaban J connectivity index is 2.66. The van der Waals surface area contributed by atoms with Gasteiger partial charge in [-0.15, -0.1) is 0 Å². The van der Waals surface area contributed by atoms with Gasteiger partial charge in [0.25, 0.3) is 0 Å². The van der Waals surface area contributed by atoms with E-state index in [2.05, 4.69) is 6.26 Å². The summed E-state index contributed by atoms with van der Waals surface area (Å²) in [5, 5.41) is 0.620. The van der Waals surface area contributed by atoms with E-state index in [1.54, 1.807) is 23.9 Å². The minimum atomic E-state index is -3.35. The van der Waals surface area contributed by atoms with Gasteiger partial charge < -0.3 is 4.57 Å². The Kier molecular flexibility index (Phi) is 2.50. The molecule has 2 aromatic rings. The first kappa shape index (κ1) is 11.1. The molecule has 0 N–H and O–H groups in total. The molecule has 0 saturated heterocycles. The minimum absolute atomic E-state index is 0.173. The van der Waals surface area contributed by atoms with E-state index in [4.69, 9.17) is 0 Å². The average Bonchev–Trinajstić information content (AvgIpc) is 2.40. The second-order valence-electron chi connectivity index (χ2n) is 3.81. The lowest BCUT2D eigenvalue weighted by molar-refractivity contribution is 0.603. The van der Waals surface area contributed by atoms with E-state index in [0.717, 1.165) is 5.52 Å². The Morgan fingerprint density at radius 3 is 2.75 bits per heavy atom. The van der Waals surface area contributed by atoms with Gasteiger partial charge in [0.1, 0.15) is 5.82 Å². The zero-order chi connectivity index (χ0) is 11.9. The molecule has 0 aliphatic heterocycles. The fourth-order valence-electron chi connectivity index (χ4n) is 1.80. The van der Waals surface area contributed by atoms with Crippen LogP contribution in [-0.2, 0) is 22.6 Å². The molecule has 0 bridgehead atoms. The van der Waals surface area contributed by atoms with Gasteiger partial charge in [-0.25, -0.2) is 12.8 Å². The van der Waals surface area contributed by atoms with Crippen LogP contribution in [0.2, 0.25) is 0 Å². The molecule has 5 heteroatoms. The van der Waals surface area contributed by atoms with Crippen molar-refractivity contribution in [3.8, 4) is 0 Å². The van der Waals surface area contributed by atoms with E-state index in [9.17, 15) is 12.8 Å². The Hall–Kier alpha value is -1.36. The van der Waals surface area contributed by atoms with Crippen molar-refractivity contribution in [3.63, 3.8) is 0 Å². The number of fused-ring (bicyclic) bond motifs is 1. The van der Waals surface area contributed by atoms with Gasteiger partial charge in [-0.2, -0.15) is 0 Å². The maximum absolute atomic E-state index is 13.1. The molecule has 0 fully saturated rings. The van der Waals surface area contributed by atoms with Crippen LogP contribution in [0.4, 0.5) is 4.39 Å². The zero-order valence-corrected chi connectivity index (χ0v) is 9.59. The Morgan fingerprint density at radius 1 is 1.44 bits per heavy atom. The van der Waals surface area contributed by atoms with Crippen LogP contribution in [-0.4, -0.2) is 13.0 Å². The summed E-state index contributed by atoms with van der Waals surface area (Å²) in [7, 11) is -1.56. The molecule has 0 aliphatic rings. The van der Waals surface area contributed by atoms with Gasteiger partial charge in [-0.3, -0.25) is 0 Å². The highest BCUT2D eigenvalue weighted by molar-refractivity contribution is 7.91. The predicted molar refractivity (Wildman–Crippen MR) is 60.9 cm³/mol. The zero-order valence-electron chi connectivity index (χ0n) is 8.77. The molecular weight excluding hydrogens is 229 g/mol. The highest BCUT2D eigenvalue weighted by Gasteiger charge is 2.12. The molecule has 0 amide bonds. The van der Waals surface area contributed by atoms with Crippen LogP contribution in [0, 0.1) is 12.1 Å². The normalized spacial score (nSPS) is 12.2. The highest BCUT2D eigenvalue weighted by atomic mass is 32.2. The molecule has 3 nitrogen and oxygen atoms in total. The lowest BCUT2D eigenvalue weighted by Gasteiger charge is -1.97. The number of aryl methyl sites for hydroxylation is 1. The monoisotopic (exact) mass is 240 g/mol. The topological polar surface area (TPSA) is 39.1 Å². The quantitative estimate of drug-likeness (QED) is 0.805. The van der Waals surface area contributed by atoms with Crippen molar-refractivity contribution < 1.29 is 12.8 Å². The van der Waals surface area contributed by atoms with Crippen LogP contribution in [0.15, 0.2) is 24.4 Å². The van der Waals surface area contributed by atoms with Crippen LogP contribution in [0.5, 0.6) is 0 Å². The molecule has 16 heavy (non-hydrogen) atoms. The number of benzene rings is 1. The van der Waals surface area contributed by atoms with Crippen LogP contribution >= 0.6 is 0 Å². The smallest absolute Gasteiger partial charge is 0.155 e. The molecule has 0 spiro atoms. The maximum Gasteiger partial charge on any atom is 0.155 e. The minimum Gasteiger partial charge on any atom is -0.350 e. The van der Waals surface area contributed by atoms with E-state index in [0.29, 0.717) is 10.9 Å². The summed E-state index contributed by atoms with van der Waals surface area (Å²) in [4.78, 5) is 0. The highest BCUT2D eigenvalue weighted by Crippen LogP contribution is 2.23. The molecule has 0 atom stereocenters. The molecule has 1 radical (unpaired) electrons. The molecule has 2 rings (SSSR count). The first-order valence-corrected chi connectivity index (χ1v) is 6.48. The molecule has 1 aromatic heterocycles. The Bertz CT molecular complexity index is 643. The molecule has 0 aliphatic carbocycles. The molecule has 85 valence electrons. The summed E-state index contributed by atoms with van der Waals surface area (Å²) < 4.78 is 37.1. The molecule has 1 aromatic carbocycles. The molecule has 0 saturated carbocycles. The van der Waals surface area contributed by atoms with Gasteiger partial charge in [-0.05, 0) is 23.8 Å². The fraction of sp³-hybridized carbons (Fsp3) is 0.182. The summed E-state index contributed by atoms with van der Waals surface area (Å²) >= 11 is 0. The van der Waals surface area contributed by atoms with Gasteiger partial charge >= 0.3 is 0 Å². The standard InChI is InChI=1S/C11H11FNO2S/c1-13-6-8(7-16(2,14)15)10-5-9(12)3-4-11(10)13/h3-6H,2,7H2,1H3. The molecule has 1 heterocycles. The first-order chi connectivity index (χ1) is 7.37. The van der Waals surface area contributed by atoms with Crippen molar-refractivity contribution in [1.29, 1.82) is 0 Å². The second kappa shape index (κ2) is 3.59. The van der Waals surface area contributed by atoms with Crippen molar-refractivity contribution in [2.75, 3.05) is 0 Å². The Labute approximate surface area is 93.4 Å². The van der Waals surface area contributed by atoms with E-state index in [1.807, 2.05) is 0 Å². The summed E-state index contributed by atoms with van der Waals surface area (Å²) in [6.07, 6.45) is 4.76. The average molecular weight is 240 g/mol. The van der Waals surface area contributed by atoms with Crippen molar-refractivity contribution in [3.05, 3.63) is 42.0 Å².